The molecule has 0 bridgehead atoms. The van der Waals surface area contributed by atoms with E-state index in [1.165, 1.54) is 0 Å². The first kappa shape index (κ1) is 19.8. The van der Waals surface area contributed by atoms with Crippen molar-refractivity contribution in [2.45, 2.75) is 68.3 Å². The molecule has 2 aliphatic rings. The van der Waals surface area contributed by atoms with Crippen LogP contribution in [0.2, 0.25) is 0 Å². The van der Waals surface area contributed by atoms with E-state index in [4.69, 9.17) is 10.8 Å². The van der Waals surface area contributed by atoms with Gasteiger partial charge in [-0.2, -0.15) is 11.8 Å². The van der Waals surface area contributed by atoms with Gasteiger partial charge in [-0.3, -0.25) is 9.59 Å². The van der Waals surface area contributed by atoms with Crippen LogP contribution in [0.5, 0.6) is 0 Å². The summed E-state index contributed by atoms with van der Waals surface area (Å²) < 4.78 is 0. The Kier molecular flexibility index (Phi) is 7.83. The summed E-state index contributed by atoms with van der Waals surface area (Å²) in [6, 6.07) is -0.406. The second-order valence-corrected chi connectivity index (χ2v) is 7.93. The van der Waals surface area contributed by atoms with E-state index in [9.17, 15) is 14.4 Å². The van der Waals surface area contributed by atoms with E-state index in [0.717, 1.165) is 31.4 Å². The molecule has 0 aromatic heterocycles. The van der Waals surface area contributed by atoms with Crippen LogP contribution in [0.4, 0.5) is 4.79 Å². The van der Waals surface area contributed by atoms with Gasteiger partial charge in [0.1, 0.15) is 6.04 Å². The van der Waals surface area contributed by atoms with Crippen molar-refractivity contribution in [3.05, 3.63) is 0 Å². The number of amides is 3. The Morgan fingerprint density at radius 1 is 1.28 bits per heavy atom. The smallest absolute Gasteiger partial charge is 0.320 e. The summed E-state index contributed by atoms with van der Waals surface area (Å²) in [4.78, 5) is 33.7. The zero-order valence-electron chi connectivity index (χ0n) is 14.3. The quantitative estimate of drug-likeness (QED) is 0.263. The van der Waals surface area contributed by atoms with Crippen LogP contribution < -0.4 is 21.7 Å². The Labute approximate surface area is 152 Å². The molecule has 0 radical (unpaired) electrons. The maximum atomic E-state index is 11.8. The van der Waals surface area contributed by atoms with Crippen molar-refractivity contribution in [2.75, 3.05) is 12.3 Å². The molecule has 2 aliphatic heterocycles. The molecular weight excluding hydrogens is 344 g/mol. The zero-order chi connectivity index (χ0) is 18.2. The highest BCUT2D eigenvalue weighted by molar-refractivity contribution is 8.00. The van der Waals surface area contributed by atoms with Gasteiger partial charge in [0.15, 0.2) is 0 Å². The minimum atomic E-state index is -0.983. The van der Waals surface area contributed by atoms with Gasteiger partial charge >= 0.3 is 12.0 Å². The minimum Gasteiger partial charge on any atom is -0.480 e. The molecule has 142 valence electrons. The lowest BCUT2D eigenvalue weighted by Gasteiger charge is -2.16. The molecule has 2 unspecified atom stereocenters. The van der Waals surface area contributed by atoms with Crippen molar-refractivity contribution < 1.29 is 19.5 Å². The van der Waals surface area contributed by atoms with Crippen molar-refractivity contribution in [3.8, 4) is 0 Å². The van der Waals surface area contributed by atoms with Gasteiger partial charge in [0.05, 0.1) is 12.1 Å². The summed E-state index contributed by atoms with van der Waals surface area (Å²) in [5.74, 6) is 0.0131. The first-order valence-corrected chi connectivity index (χ1v) is 9.96. The molecule has 6 N–H and O–H groups in total. The SMILES string of the molecule is N[C@@H](CCCCNC(=O)CCCC[C@@H]1SCC2NC(=O)NC21)C(=O)O. The van der Waals surface area contributed by atoms with E-state index in [0.29, 0.717) is 31.1 Å². The summed E-state index contributed by atoms with van der Waals surface area (Å²) in [5, 5.41) is 17.9. The number of nitrogens with two attached hydrogens (primary N) is 1. The molecule has 8 nitrogen and oxygen atoms in total. The molecule has 4 atom stereocenters. The van der Waals surface area contributed by atoms with Gasteiger partial charge in [-0.15, -0.1) is 0 Å². The van der Waals surface area contributed by atoms with E-state index in [-0.39, 0.29) is 24.0 Å². The average molecular weight is 372 g/mol. The van der Waals surface area contributed by atoms with Crippen LogP contribution in [0.1, 0.15) is 44.9 Å². The number of unbranched alkanes of at least 4 members (excludes halogenated alkanes) is 2. The number of carboxylic acids is 1. The molecule has 25 heavy (non-hydrogen) atoms. The Hall–Kier alpha value is -1.48. The molecule has 2 rings (SSSR count). The van der Waals surface area contributed by atoms with E-state index in [2.05, 4.69) is 16.0 Å². The van der Waals surface area contributed by atoms with Crippen LogP contribution in [-0.2, 0) is 9.59 Å². The van der Waals surface area contributed by atoms with Gasteiger partial charge < -0.3 is 26.8 Å². The van der Waals surface area contributed by atoms with Crippen LogP contribution in [0.25, 0.3) is 0 Å². The number of fused-ring (bicyclic) bond motifs is 1. The fourth-order valence-corrected chi connectivity index (χ4v) is 4.75. The largest absolute Gasteiger partial charge is 0.480 e. The Bertz CT molecular complexity index is 491. The lowest BCUT2D eigenvalue weighted by molar-refractivity contribution is -0.138. The molecule has 0 aromatic rings. The summed E-state index contributed by atoms with van der Waals surface area (Å²) in [6.45, 7) is 0.561. The topological polar surface area (TPSA) is 134 Å². The van der Waals surface area contributed by atoms with Crippen molar-refractivity contribution in [1.29, 1.82) is 0 Å². The third-order valence-corrected chi connectivity index (χ3v) is 6.17. The summed E-state index contributed by atoms with van der Waals surface area (Å²) >= 11 is 1.89. The number of nitrogens with one attached hydrogen (secondary N) is 3. The van der Waals surface area contributed by atoms with E-state index in [1.807, 2.05) is 11.8 Å². The van der Waals surface area contributed by atoms with Crippen molar-refractivity contribution in [2.24, 2.45) is 5.73 Å². The van der Waals surface area contributed by atoms with E-state index in [1.54, 1.807) is 0 Å². The number of thioether (sulfide) groups is 1. The van der Waals surface area contributed by atoms with Crippen LogP contribution in [-0.4, -0.2) is 58.7 Å². The summed E-state index contributed by atoms with van der Waals surface area (Å²) in [7, 11) is 0. The van der Waals surface area contributed by atoms with Crippen LogP contribution in [0, 0.1) is 0 Å². The Morgan fingerprint density at radius 2 is 2.08 bits per heavy atom. The van der Waals surface area contributed by atoms with E-state index >= 15 is 0 Å². The van der Waals surface area contributed by atoms with Gasteiger partial charge in [0.2, 0.25) is 5.91 Å². The maximum Gasteiger partial charge on any atom is 0.320 e. The predicted molar refractivity (Wildman–Crippen MR) is 96.4 cm³/mol. The lowest BCUT2D eigenvalue weighted by Crippen LogP contribution is -2.36. The molecule has 2 saturated heterocycles. The molecule has 3 amide bonds. The maximum absolute atomic E-state index is 11.8. The molecule has 0 spiro atoms. The first-order chi connectivity index (χ1) is 12.0. The normalized spacial score (nSPS) is 25.8. The Balaban J connectivity index is 1.46. The van der Waals surface area contributed by atoms with Gasteiger partial charge in [-0.25, -0.2) is 4.79 Å². The number of urea groups is 1. The minimum absolute atomic E-state index is 0.0373. The number of hydrogen-bond acceptors (Lipinski definition) is 5. The second-order valence-electron chi connectivity index (χ2n) is 6.66. The highest BCUT2D eigenvalue weighted by atomic mass is 32.2. The van der Waals surface area contributed by atoms with Crippen LogP contribution in [0.3, 0.4) is 0 Å². The van der Waals surface area contributed by atoms with Crippen LogP contribution in [0.15, 0.2) is 0 Å². The molecule has 0 aromatic carbocycles. The third kappa shape index (κ3) is 6.39. The molecule has 0 saturated carbocycles. The molecule has 0 aliphatic carbocycles. The number of carbonyl (C=O) groups is 3. The number of hydrogen-bond donors (Lipinski definition) is 5. The van der Waals surface area contributed by atoms with Crippen molar-refractivity contribution in [1.82, 2.24) is 16.0 Å². The second kappa shape index (κ2) is 9.86. The fraction of sp³-hybridized carbons (Fsp3) is 0.812. The predicted octanol–water partition coefficient (Wildman–Crippen LogP) is 0.411. The molecular formula is C16H28N4O4S. The van der Waals surface area contributed by atoms with Crippen molar-refractivity contribution in [3.63, 3.8) is 0 Å². The first-order valence-electron chi connectivity index (χ1n) is 8.91. The Morgan fingerprint density at radius 3 is 2.84 bits per heavy atom. The van der Waals surface area contributed by atoms with Crippen LogP contribution >= 0.6 is 11.8 Å². The third-order valence-electron chi connectivity index (χ3n) is 4.66. The average Bonchev–Trinajstić information content (AvgIpc) is 3.10. The van der Waals surface area contributed by atoms with Crippen molar-refractivity contribution >= 4 is 29.7 Å². The van der Waals surface area contributed by atoms with Gasteiger partial charge in [0, 0.05) is 24.0 Å². The van der Waals surface area contributed by atoms with Gasteiger partial charge in [-0.1, -0.05) is 6.42 Å². The number of aliphatic carboxylic acids is 1. The highest BCUT2D eigenvalue weighted by Crippen LogP contribution is 2.33. The number of rotatable bonds is 11. The van der Waals surface area contributed by atoms with Gasteiger partial charge in [-0.05, 0) is 32.1 Å². The summed E-state index contributed by atoms with van der Waals surface area (Å²) in [6.07, 6.45) is 5.18. The number of carbonyl (C=O) groups excluding carboxylic acids is 2. The standard InChI is InChI=1S/C16H28N4O4S/c17-10(15(22)23)5-3-4-8-18-13(21)7-2-1-6-12-14-11(9-25-12)19-16(24)20-14/h10-12,14H,1-9,17H2,(H,18,21)(H,22,23)(H2,19,20,24)/t10-,11?,12-,14?/m0/s1. The molecule has 2 heterocycles. The fourth-order valence-electron chi connectivity index (χ4n) is 3.20. The van der Waals surface area contributed by atoms with Gasteiger partial charge in [0.25, 0.3) is 0 Å². The molecule has 2 fully saturated rings. The highest BCUT2D eigenvalue weighted by Gasteiger charge is 2.42. The lowest BCUT2D eigenvalue weighted by atomic mass is 10.0. The summed E-state index contributed by atoms with van der Waals surface area (Å²) in [5.41, 5.74) is 5.42. The van der Waals surface area contributed by atoms with E-state index < -0.39 is 12.0 Å². The zero-order valence-corrected chi connectivity index (χ0v) is 15.1. The molecule has 9 heteroatoms. The number of carboxylic acid groups (broad SMARTS) is 1. The monoisotopic (exact) mass is 372 g/mol.